The maximum absolute atomic E-state index is 12.6. The number of carbonyl (C=O) groups is 2. The SMILES string of the molecule is CC(=O)c1c(C)[nH]c(C(=O)N[C@@H]2CCN(Cc3ccccc3)C2)c1C. The van der Waals surface area contributed by atoms with Gasteiger partial charge in [0.1, 0.15) is 5.69 Å². The Labute approximate surface area is 148 Å². The number of ketones is 1. The van der Waals surface area contributed by atoms with Gasteiger partial charge in [-0.2, -0.15) is 0 Å². The van der Waals surface area contributed by atoms with E-state index in [0.717, 1.165) is 37.3 Å². The molecule has 1 amide bonds. The number of Topliss-reactive ketones (excluding diaryl/α,β-unsaturated/α-hetero) is 1. The van der Waals surface area contributed by atoms with E-state index in [2.05, 4.69) is 27.3 Å². The van der Waals surface area contributed by atoms with Crippen LogP contribution in [0.5, 0.6) is 0 Å². The monoisotopic (exact) mass is 339 g/mol. The van der Waals surface area contributed by atoms with Crippen LogP contribution in [0.4, 0.5) is 0 Å². The first-order valence-corrected chi connectivity index (χ1v) is 8.73. The van der Waals surface area contributed by atoms with Crippen molar-refractivity contribution in [3.05, 3.63) is 58.4 Å². The van der Waals surface area contributed by atoms with E-state index in [1.165, 1.54) is 12.5 Å². The van der Waals surface area contributed by atoms with Crippen molar-refractivity contribution < 1.29 is 9.59 Å². The van der Waals surface area contributed by atoms with Crippen LogP contribution >= 0.6 is 0 Å². The molecule has 1 aromatic heterocycles. The largest absolute Gasteiger partial charge is 0.354 e. The minimum absolute atomic E-state index is 0.0137. The van der Waals surface area contributed by atoms with Crippen molar-refractivity contribution in [1.29, 1.82) is 0 Å². The Balaban J connectivity index is 1.61. The first-order valence-electron chi connectivity index (χ1n) is 8.73. The van der Waals surface area contributed by atoms with Gasteiger partial charge >= 0.3 is 0 Å². The molecule has 0 saturated carbocycles. The number of aromatic amines is 1. The maximum Gasteiger partial charge on any atom is 0.268 e. The van der Waals surface area contributed by atoms with Crippen molar-refractivity contribution >= 4 is 11.7 Å². The third-order valence-electron chi connectivity index (χ3n) is 4.87. The second-order valence-corrected chi connectivity index (χ2v) is 6.86. The van der Waals surface area contributed by atoms with Crippen molar-refractivity contribution in [2.24, 2.45) is 0 Å². The molecule has 1 fully saturated rings. The molecule has 1 aromatic carbocycles. The van der Waals surface area contributed by atoms with Gasteiger partial charge < -0.3 is 10.3 Å². The van der Waals surface area contributed by atoms with Crippen LogP contribution in [-0.2, 0) is 6.54 Å². The van der Waals surface area contributed by atoms with Gasteiger partial charge in [0.2, 0.25) is 0 Å². The van der Waals surface area contributed by atoms with Crippen LogP contribution in [0.3, 0.4) is 0 Å². The second kappa shape index (κ2) is 7.23. The Morgan fingerprint density at radius 2 is 1.96 bits per heavy atom. The number of benzene rings is 1. The Hall–Kier alpha value is -2.40. The molecular weight excluding hydrogens is 314 g/mol. The lowest BCUT2D eigenvalue weighted by atomic mass is 10.1. The number of hydrogen-bond acceptors (Lipinski definition) is 3. The van der Waals surface area contributed by atoms with Crippen molar-refractivity contribution in [2.75, 3.05) is 13.1 Å². The number of amides is 1. The fourth-order valence-corrected chi connectivity index (χ4v) is 3.70. The maximum atomic E-state index is 12.6. The molecule has 2 aromatic rings. The number of aryl methyl sites for hydroxylation is 1. The van der Waals surface area contributed by atoms with E-state index >= 15 is 0 Å². The van der Waals surface area contributed by atoms with E-state index in [4.69, 9.17) is 0 Å². The number of aromatic nitrogens is 1. The second-order valence-electron chi connectivity index (χ2n) is 6.86. The summed E-state index contributed by atoms with van der Waals surface area (Å²) in [5.41, 5.74) is 3.91. The normalized spacial score (nSPS) is 17.6. The topological polar surface area (TPSA) is 65.2 Å². The van der Waals surface area contributed by atoms with Crippen LogP contribution in [0.2, 0.25) is 0 Å². The lowest BCUT2D eigenvalue weighted by Crippen LogP contribution is -2.37. The van der Waals surface area contributed by atoms with Crippen LogP contribution in [0.1, 0.15) is 51.0 Å². The third-order valence-corrected chi connectivity index (χ3v) is 4.87. The molecule has 0 bridgehead atoms. The van der Waals surface area contributed by atoms with Crippen molar-refractivity contribution in [2.45, 2.75) is 39.8 Å². The van der Waals surface area contributed by atoms with E-state index in [9.17, 15) is 9.59 Å². The predicted molar refractivity (Wildman–Crippen MR) is 97.9 cm³/mol. The summed E-state index contributed by atoms with van der Waals surface area (Å²) in [5, 5.41) is 3.11. The Bertz CT molecular complexity index is 780. The molecule has 0 radical (unpaired) electrons. The summed E-state index contributed by atoms with van der Waals surface area (Å²) in [6.45, 7) is 7.91. The molecule has 5 heteroatoms. The molecule has 25 heavy (non-hydrogen) atoms. The minimum atomic E-state index is -0.125. The van der Waals surface area contributed by atoms with Crippen LogP contribution in [-0.4, -0.2) is 40.7 Å². The molecule has 1 aliphatic rings. The number of rotatable bonds is 5. The lowest BCUT2D eigenvalue weighted by molar-refractivity contribution is 0.0932. The van der Waals surface area contributed by atoms with Crippen LogP contribution < -0.4 is 5.32 Å². The van der Waals surface area contributed by atoms with Crippen LogP contribution in [0.25, 0.3) is 0 Å². The third kappa shape index (κ3) is 3.82. The van der Waals surface area contributed by atoms with Gasteiger partial charge in [-0.1, -0.05) is 30.3 Å². The van der Waals surface area contributed by atoms with Gasteiger partial charge in [-0.05, 0) is 38.3 Å². The Morgan fingerprint density at radius 3 is 2.60 bits per heavy atom. The van der Waals surface area contributed by atoms with E-state index in [1.807, 2.05) is 32.0 Å². The highest BCUT2D eigenvalue weighted by Crippen LogP contribution is 2.19. The summed E-state index contributed by atoms with van der Waals surface area (Å²) in [6, 6.07) is 10.5. The molecule has 2 heterocycles. The van der Waals surface area contributed by atoms with E-state index in [-0.39, 0.29) is 17.7 Å². The predicted octanol–water partition coefficient (Wildman–Crippen LogP) is 2.84. The van der Waals surface area contributed by atoms with Crippen LogP contribution in [0.15, 0.2) is 30.3 Å². The van der Waals surface area contributed by atoms with Gasteiger partial charge in [0.15, 0.2) is 5.78 Å². The summed E-state index contributed by atoms with van der Waals surface area (Å²) in [4.78, 5) is 29.8. The molecule has 132 valence electrons. The average molecular weight is 339 g/mol. The molecular formula is C20H25N3O2. The molecule has 0 unspecified atom stereocenters. The zero-order valence-electron chi connectivity index (χ0n) is 15.1. The van der Waals surface area contributed by atoms with Crippen molar-refractivity contribution in [1.82, 2.24) is 15.2 Å². The molecule has 1 aliphatic heterocycles. The van der Waals surface area contributed by atoms with E-state index in [1.54, 1.807) is 0 Å². The quantitative estimate of drug-likeness (QED) is 0.823. The first-order chi connectivity index (χ1) is 12.0. The molecule has 1 saturated heterocycles. The molecule has 5 nitrogen and oxygen atoms in total. The highest BCUT2D eigenvalue weighted by atomic mass is 16.2. The van der Waals surface area contributed by atoms with Crippen molar-refractivity contribution in [3.8, 4) is 0 Å². The van der Waals surface area contributed by atoms with Gasteiger partial charge in [0.25, 0.3) is 5.91 Å². The van der Waals surface area contributed by atoms with Gasteiger partial charge in [0.05, 0.1) is 0 Å². The summed E-state index contributed by atoms with van der Waals surface area (Å²) < 4.78 is 0. The number of carbonyl (C=O) groups excluding carboxylic acids is 2. The average Bonchev–Trinajstić information content (AvgIpc) is 3.12. The minimum Gasteiger partial charge on any atom is -0.354 e. The number of H-pyrrole nitrogens is 1. The standard InChI is InChI=1S/C20H25N3O2/c1-13-18(15(3)24)14(2)21-19(13)20(25)22-17-9-10-23(12-17)11-16-7-5-4-6-8-16/h4-8,17,21H,9-12H2,1-3H3,(H,22,25)/t17-/m1/s1. The van der Waals surface area contributed by atoms with E-state index < -0.39 is 0 Å². The van der Waals surface area contributed by atoms with E-state index in [0.29, 0.717) is 11.3 Å². The fourth-order valence-electron chi connectivity index (χ4n) is 3.70. The highest BCUT2D eigenvalue weighted by Gasteiger charge is 2.26. The smallest absolute Gasteiger partial charge is 0.268 e. The zero-order valence-corrected chi connectivity index (χ0v) is 15.1. The summed E-state index contributed by atoms with van der Waals surface area (Å²) in [5.74, 6) is -0.139. The molecule has 0 spiro atoms. The summed E-state index contributed by atoms with van der Waals surface area (Å²) in [7, 11) is 0. The Kier molecular flexibility index (Phi) is 5.04. The number of hydrogen-bond donors (Lipinski definition) is 2. The first kappa shape index (κ1) is 17.4. The van der Waals surface area contributed by atoms with Gasteiger partial charge in [-0.15, -0.1) is 0 Å². The zero-order chi connectivity index (χ0) is 18.0. The van der Waals surface area contributed by atoms with Gasteiger partial charge in [-0.25, -0.2) is 0 Å². The molecule has 3 rings (SSSR count). The Morgan fingerprint density at radius 1 is 1.24 bits per heavy atom. The fraction of sp³-hybridized carbons (Fsp3) is 0.400. The molecule has 0 aliphatic carbocycles. The van der Waals surface area contributed by atoms with Crippen LogP contribution in [0, 0.1) is 13.8 Å². The molecule has 2 N–H and O–H groups in total. The summed E-state index contributed by atoms with van der Waals surface area (Å²) >= 11 is 0. The summed E-state index contributed by atoms with van der Waals surface area (Å²) in [6.07, 6.45) is 0.941. The number of nitrogens with zero attached hydrogens (tertiary/aromatic N) is 1. The highest BCUT2D eigenvalue weighted by molar-refractivity contribution is 6.02. The van der Waals surface area contributed by atoms with Gasteiger partial charge in [0, 0.05) is 36.9 Å². The number of nitrogens with one attached hydrogen (secondary N) is 2. The number of likely N-dealkylation sites (tertiary alicyclic amines) is 1. The lowest BCUT2D eigenvalue weighted by Gasteiger charge is -2.16. The van der Waals surface area contributed by atoms with Gasteiger partial charge in [-0.3, -0.25) is 14.5 Å². The van der Waals surface area contributed by atoms with Crippen molar-refractivity contribution in [3.63, 3.8) is 0 Å². The molecule has 1 atom stereocenters.